The molecule has 2 N–H and O–H groups in total. The highest BCUT2D eigenvalue weighted by molar-refractivity contribution is 5.95. The van der Waals surface area contributed by atoms with Crippen LogP contribution in [0.15, 0.2) is 30.4 Å². The number of amides is 1. The summed E-state index contributed by atoms with van der Waals surface area (Å²) in [6.07, 6.45) is 4.87. The summed E-state index contributed by atoms with van der Waals surface area (Å²) in [7, 11) is 0. The third-order valence-electron chi connectivity index (χ3n) is 4.93. The van der Waals surface area contributed by atoms with Crippen LogP contribution in [-0.4, -0.2) is 41.0 Å². The molecule has 23 heavy (non-hydrogen) atoms. The number of carbonyl (C=O) groups is 2. The van der Waals surface area contributed by atoms with Crippen LogP contribution in [0.1, 0.15) is 42.1 Å². The highest BCUT2D eigenvalue weighted by Gasteiger charge is 2.40. The minimum Gasteiger partial charge on any atom is -0.480 e. The van der Waals surface area contributed by atoms with Gasteiger partial charge < -0.3 is 15.3 Å². The first-order valence-electron chi connectivity index (χ1n) is 8.16. The molecule has 122 valence electrons. The summed E-state index contributed by atoms with van der Waals surface area (Å²) < 4.78 is 0. The lowest BCUT2D eigenvalue weighted by molar-refractivity contribution is -0.139. The molecule has 1 aliphatic carbocycles. The van der Waals surface area contributed by atoms with E-state index < -0.39 is 12.0 Å². The lowest BCUT2D eigenvalue weighted by atomic mass is 9.79. The van der Waals surface area contributed by atoms with Gasteiger partial charge in [-0.05, 0) is 44.0 Å². The number of hydrogen-bond acceptors (Lipinski definition) is 3. The van der Waals surface area contributed by atoms with Crippen LogP contribution >= 0.6 is 0 Å². The van der Waals surface area contributed by atoms with Crippen LogP contribution in [0.3, 0.4) is 0 Å². The zero-order chi connectivity index (χ0) is 16.6. The third-order valence-corrected chi connectivity index (χ3v) is 4.93. The molecule has 0 spiro atoms. The van der Waals surface area contributed by atoms with Gasteiger partial charge in [0, 0.05) is 36.2 Å². The molecule has 2 aliphatic rings. The van der Waals surface area contributed by atoms with Crippen molar-refractivity contribution in [2.24, 2.45) is 5.92 Å². The number of anilines is 1. The SMILES string of the molecule is CCN(CC)C(=O)c1ccc2c(c1)[C@@H]1C=CC[C@@H]1[C@@H](C(=O)O)N2. The van der Waals surface area contributed by atoms with Gasteiger partial charge in [-0.15, -0.1) is 0 Å². The van der Waals surface area contributed by atoms with Crippen molar-refractivity contribution in [3.05, 3.63) is 41.5 Å². The number of allylic oxidation sites excluding steroid dienone is 2. The van der Waals surface area contributed by atoms with Gasteiger partial charge in [0.25, 0.3) is 5.91 Å². The standard InChI is InChI=1S/C18H22N2O3/c1-3-20(4-2)17(21)11-8-9-15-14(10-11)12-6-5-7-13(12)16(19-15)18(22)23/h5-6,8-10,12-13,16,19H,3-4,7H2,1-2H3,(H,22,23)/t12-,13+,16+/m1/s1. The average Bonchev–Trinajstić information content (AvgIpc) is 3.04. The maximum atomic E-state index is 12.6. The number of benzene rings is 1. The van der Waals surface area contributed by atoms with Crippen molar-refractivity contribution in [2.45, 2.75) is 32.2 Å². The fourth-order valence-electron chi connectivity index (χ4n) is 3.67. The number of carbonyl (C=O) groups excluding carboxylic acids is 1. The van der Waals surface area contributed by atoms with E-state index >= 15 is 0 Å². The van der Waals surface area contributed by atoms with E-state index in [1.165, 1.54) is 0 Å². The number of rotatable bonds is 4. The lowest BCUT2D eigenvalue weighted by Crippen LogP contribution is -2.42. The van der Waals surface area contributed by atoms with Crippen molar-refractivity contribution in [1.29, 1.82) is 0 Å². The second kappa shape index (κ2) is 6.07. The zero-order valence-electron chi connectivity index (χ0n) is 13.5. The number of hydrogen-bond donors (Lipinski definition) is 2. The first-order valence-corrected chi connectivity index (χ1v) is 8.16. The summed E-state index contributed by atoms with van der Waals surface area (Å²) in [4.78, 5) is 25.8. The highest BCUT2D eigenvalue weighted by atomic mass is 16.4. The molecule has 1 aliphatic heterocycles. The van der Waals surface area contributed by atoms with E-state index in [9.17, 15) is 14.7 Å². The minimum absolute atomic E-state index is 0.0128. The van der Waals surface area contributed by atoms with Gasteiger partial charge in [0.2, 0.25) is 0 Å². The van der Waals surface area contributed by atoms with Gasteiger partial charge in [0.1, 0.15) is 6.04 Å². The van der Waals surface area contributed by atoms with Crippen LogP contribution in [-0.2, 0) is 4.79 Å². The third kappa shape index (κ3) is 2.60. The summed E-state index contributed by atoms with van der Waals surface area (Å²) in [6, 6.07) is 4.97. The van der Waals surface area contributed by atoms with Crippen molar-refractivity contribution in [3.8, 4) is 0 Å². The molecular formula is C18H22N2O3. The van der Waals surface area contributed by atoms with Crippen LogP contribution in [0.4, 0.5) is 5.69 Å². The molecule has 5 heteroatoms. The van der Waals surface area contributed by atoms with E-state index in [4.69, 9.17) is 0 Å². The van der Waals surface area contributed by atoms with E-state index in [1.807, 2.05) is 32.1 Å². The van der Waals surface area contributed by atoms with E-state index in [0.29, 0.717) is 18.7 Å². The Morgan fingerprint density at radius 3 is 2.70 bits per heavy atom. The van der Waals surface area contributed by atoms with Crippen molar-refractivity contribution >= 4 is 17.6 Å². The summed E-state index contributed by atoms with van der Waals surface area (Å²) >= 11 is 0. The summed E-state index contributed by atoms with van der Waals surface area (Å²) in [6.45, 7) is 5.29. The van der Waals surface area contributed by atoms with Gasteiger partial charge in [0.15, 0.2) is 0 Å². The smallest absolute Gasteiger partial charge is 0.326 e. The van der Waals surface area contributed by atoms with Gasteiger partial charge in [-0.3, -0.25) is 4.79 Å². The van der Waals surface area contributed by atoms with Gasteiger partial charge in [-0.1, -0.05) is 12.2 Å². The Hall–Kier alpha value is -2.30. The van der Waals surface area contributed by atoms with Crippen molar-refractivity contribution < 1.29 is 14.7 Å². The van der Waals surface area contributed by atoms with Crippen LogP contribution in [0.2, 0.25) is 0 Å². The Morgan fingerprint density at radius 1 is 1.30 bits per heavy atom. The predicted molar refractivity (Wildman–Crippen MR) is 88.7 cm³/mol. The molecule has 1 heterocycles. The molecule has 1 aromatic carbocycles. The molecule has 1 aromatic rings. The first-order chi connectivity index (χ1) is 11.1. The van der Waals surface area contributed by atoms with Crippen molar-refractivity contribution in [3.63, 3.8) is 0 Å². The molecule has 0 saturated heterocycles. The zero-order valence-corrected chi connectivity index (χ0v) is 13.5. The second-order valence-electron chi connectivity index (χ2n) is 6.09. The topological polar surface area (TPSA) is 69.6 Å². The number of aliphatic carboxylic acids is 1. The molecule has 0 saturated carbocycles. The number of nitrogens with one attached hydrogen (secondary N) is 1. The van der Waals surface area contributed by atoms with Gasteiger partial charge >= 0.3 is 5.97 Å². The second-order valence-corrected chi connectivity index (χ2v) is 6.09. The van der Waals surface area contributed by atoms with E-state index in [2.05, 4.69) is 11.4 Å². The molecule has 1 amide bonds. The summed E-state index contributed by atoms with van der Waals surface area (Å²) in [5.41, 5.74) is 2.52. The van der Waals surface area contributed by atoms with Crippen LogP contribution in [0.5, 0.6) is 0 Å². The summed E-state index contributed by atoms with van der Waals surface area (Å²) in [5.74, 6) is -0.718. The maximum Gasteiger partial charge on any atom is 0.326 e. The predicted octanol–water partition coefficient (Wildman–Crippen LogP) is 2.71. The van der Waals surface area contributed by atoms with Crippen LogP contribution in [0, 0.1) is 5.92 Å². The van der Waals surface area contributed by atoms with Gasteiger partial charge in [0.05, 0.1) is 0 Å². The van der Waals surface area contributed by atoms with Crippen LogP contribution < -0.4 is 5.32 Å². The lowest BCUT2D eigenvalue weighted by Gasteiger charge is -2.35. The molecule has 0 unspecified atom stereocenters. The Kier molecular flexibility index (Phi) is 4.11. The number of fused-ring (bicyclic) bond motifs is 3. The Labute approximate surface area is 136 Å². The van der Waals surface area contributed by atoms with E-state index in [-0.39, 0.29) is 17.7 Å². The molecule has 0 radical (unpaired) electrons. The molecule has 0 aromatic heterocycles. The molecule has 3 atom stereocenters. The highest BCUT2D eigenvalue weighted by Crippen LogP contribution is 2.44. The average molecular weight is 314 g/mol. The van der Waals surface area contributed by atoms with Crippen LogP contribution in [0.25, 0.3) is 0 Å². The number of carboxylic acid groups (broad SMARTS) is 1. The fraction of sp³-hybridized carbons (Fsp3) is 0.444. The largest absolute Gasteiger partial charge is 0.480 e. The normalized spacial score (nSPS) is 24.5. The fourth-order valence-corrected chi connectivity index (χ4v) is 3.67. The van der Waals surface area contributed by atoms with Crippen molar-refractivity contribution in [2.75, 3.05) is 18.4 Å². The molecule has 0 fully saturated rings. The summed E-state index contributed by atoms with van der Waals surface area (Å²) in [5, 5.41) is 12.6. The van der Waals surface area contributed by atoms with E-state index in [1.54, 1.807) is 11.0 Å². The minimum atomic E-state index is -0.822. The van der Waals surface area contributed by atoms with Gasteiger partial charge in [-0.25, -0.2) is 4.79 Å². The van der Waals surface area contributed by atoms with E-state index in [0.717, 1.165) is 17.7 Å². The van der Waals surface area contributed by atoms with Gasteiger partial charge in [-0.2, -0.15) is 0 Å². The Balaban J connectivity index is 1.97. The molecule has 3 rings (SSSR count). The first kappa shape index (κ1) is 15.6. The molecule has 5 nitrogen and oxygen atoms in total. The number of nitrogens with zero attached hydrogens (tertiary/aromatic N) is 1. The number of carboxylic acids is 1. The Morgan fingerprint density at radius 2 is 2.04 bits per heavy atom. The Bertz CT molecular complexity index is 664. The monoisotopic (exact) mass is 314 g/mol. The van der Waals surface area contributed by atoms with Crippen molar-refractivity contribution in [1.82, 2.24) is 4.90 Å². The molecule has 0 bridgehead atoms. The quantitative estimate of drug-likeness (QED) is 0.838. The molecular weight excluding hydrogens is 292 g/mol. The maximum absolute atomic E-state index is 12.6.